The summed E-state index contributed by atoms with van der Waals surface area (Å²) in [5.41, 5.74) is 6.80. The summed E-state index contributed by atoms with van der Waals surface area (Å²) in [6, 6.07) is 0. The molecule has 7 nitrogen and oxygen atoms in total. The molecule has 0 saturated heterocycles. The summed E-state index contributed by atoms with van der Waals surface area (Å²) in [5.74, 6) is -0.828. The van der Waals surface area contributed by atoms with Gasteiger partial charge < -0.3 is 15.4 Å². The number of nitrogen functional groups attached to an aromatic ring is 1. The predicted octanol–water partition coefficient (Wildman–Crippen LogP) is 0.326. The number of aromatic nitrogens is 2. The summed E-state index contributed by atoms with van der Waals surface area (Å²) in [5, 5.41) is 6.48. The summed E-state index contributed by atoms with van der Waals surface area (Å²) in [4.78, 5) is 24.8. The van der Waals surface area contributed by atoms with Gasteiger partial charge in [0.1, 0.15) is 6.54 Å². The smallest absolute Gasteiger partial charge is 0.325 e. The molecule has 1 amide bonds. The van der Waals surface area contributed by atoms with Crippen molar-refractivity contribution in [1.82, 2.24) is 15.1 Å². The van der Waals surface area contributed by atoms with Crippen molar-refractivity contribution in [2.24, 2.45) is 0 Å². The van der Waals surface area contributed by atoms with Crippen LogP contribution in [0.5, 0.6) is 0 Å². The first-order valence-electron chi connectivity index (χ1n) is 5.76. The van der Waals surface area contributed by atoms with Crippen LogP contribution in [0.4, 0.5) is 5.69 Å². The number of H-pyrrole nitrogens is 1. The highest BCUT2D eigenvalue weighted by Crippen LogP contribution is 2.14. The third kappa shape index (κ3) is 2.99. The molecule has 18 heavy (non-hydrogen) atoms. The maximum Gasteiger partial charge on any atom is 0.325 e. The normalized spacial score (nSPS) is 10.2. The van der Waals surface area contributed by atoms with Gasteiger partial charge in [-0.05, 0) is 20.8 Å². The lowest BCUT2D eigenvalue weighted by atomic mass is 10.2. The maximum atomic E-state index is 12.1. The Balaban J connectivity index is 2.80. The molecule has 0 spiro atoms. The second kappa shape index (κ2) is 6.04. The van der Waals surface area contributed by atoms with Crippen molar-refractivity contribution in [2.45, 2.75) is 20.8 Å². The van der Waals surface area contributed by atoms with Gasteiger partial charge in [0.25, 0.3) is 5.91 Å². The van der Waals surface area contributed by atoms with Crippen molar-refractivity contribution in [3.8, 4) is 0 Å². The van der Waals surface area contributed by atoms with E-state index in [0.29, 0.717) is 17.9 Å². The molecule has 0 aliphatic rings. The highest BCUT2D eigenvalue weighted by Gasteiger charge is 2.23. The molecule has 7 heteroatoms. The zero-order chi connectivity index (χ0) is 13.7. The number of amides is 1. The number of likely N-dealkylation sites (N-methyl/N-ethyl adjacent to an activating group) is 1. The van der Waals surface area contributed by atoms with E-state index in [4.69, 9.17) is 10.5 Å². The number of aromatic amines is 1. The first-order chi connectivity index (χ1) is 8.51. The quantitative estimate of drug-likeness (QED) is 0.737. The monoisotopic (exact) mass is 254 g/mol. The minimum Gasteiger partial charge on any atom is -0.465 e. The molecule has 3 N–H and O–H groups in total. The maximum absolute atomic E-state index is 12.1. The minimum atomic E-state index is -0.446. The molecule has 0 aliphatic carbocycles. The van der Waals surface area contributed by atoms with Crippen LogP contribution in [-0.4, -0.2) is 46.7 Å². The van der Waals surface area contributed by atoms with E-state index in [0.717, 1.165) is 0 Å². The molecule has 0 saturated carbocycles. The predicted molar refractivity (Wildman–Crippen MR) is 65.9 cm³/mol. The van der Waals surface area contributed by atoms with Crippen LogP contribution in [0.15, 0.2) is 0 Å². The third-order valence-corrected chi connectivity index (χ3v) is 2.49. The summed E-state index contributed by atoms with van der Waals surface area (Å²) in [7, 11) is 0. The van der Waals surface area contributed by atoms with E-state index in [1.54, 1.807) is 20.8 Å². The molecule has 0 unspecified atom stereocenters. The van der Waals surface area contributed by atoms with E-state index in [9.17, 15) is 9.59 Å². The zero-order valence-corrected chi connectivity index (χ0v) is 10.8. The molecule has 0 aliphatic heterocycles. The van der Waals surface area contributed by atoms with Gasteiger partial charge in [0, 0.05) is 6.54 Å². The minimum absolute atomic E-state index is 0.103. The van der Waals surface area contributed by atoms with Crippen LogP contribution in [-0.2, 0) is 9.53 Å². The number of nitrogens with zero attached hydrogens (tertiary/aromatic N) is 2. The van der Waals surface area contributed by atoms with Crippen LogP contribution in [0.3, 0.4) is 0 Å². The first kappa shape index (κ1) is 14.0. The standard InChI is InChI=1S/C11H18N4O3/c1-4-15(6-8(16)18-5-2)11(17)10-9(12)7(3)13-14-10/h4-6,12H2,1-3H3,(H,13,14). The molecule has 0 radical (unpaired) electrons. The number of anilines is 1. The van der Waals surface area contributed by atoms with Crippen molar-refractivity contribution in [1.29, 1.82) is 0 Å². The lowest BCUT2D eigenvalue weighted by molar-refractivity contribution is -0.143. The van der Waals surface area contributed by atoms with Crippen LogP contribution in [0.1, 0.15) is 30.0 Å². The Labute approximate surface area is 105 Å². The Bertz CT molecular complexity index is 441. The van der Waals surface area contributed by atoms with Gasteiger partial charge in [0.2, 0.25) is 0 Å². The van der Waals surface area contributed by atoms with Gasteiger partial charge >= 0.3 is 5.97 Å². The SMILES string of the molecule is CCOC(=O)CN(CC)C(=O)c1n[nH]c(C)c1N. The van der Waals surface area contributed by atoms with E-state index < -0.39 is 5.97 Å². The fourth-order valence-electron chi connectivity index (χ4n) is 1.44. The number of carbonyl (C=O) groups is 2. The number of esters is 1. The van der Waals surface area contributed by atoms with Crippen molar-refractivity contribution < 1.29 is 14.3 Å². The number of rotatable bonds is 5. The second-order valence-corrected chi connectivity index (χ2v) is 3.74. The number of nitrogens with two attached hydrogens (primary N) is 1. The van der Waals surface area contributed by atoms with Gasteiger partial charge in [-0.15, -0.1) is 0 Å². The molecule has 0 atom stereocenters. The lowest BCUT2D eigenvalue weighted by Gasteiger charge is -2.18. The van der Waals surface area contributed by atoms with Gasteiger partial charge in [-0.3, -0.25) is 14.7 Å². The third-order valence-electron chi connectivity index (χ3n) is 2.49. The molecule has 0 bridgehead atoms. The molecule has 1 rings (SSSR count). The number of carbonyl (C=O) groups excluding carboxylic acids is 2. The summed E-state index contributed by atoms with van der Waals surface area (Å²) < 4.78 is 4.80. The zero-order valence-electron chi connectivity index (χ0n) is 10.8. The highest BCUT2D eigenvalue weighted by atomic mass is 16.5. The molecule has 0 fully saturated rings. The van der Waals surface area contributed by atoms with Gasteiger partial charge in [0.05, 0.1) is 18.0 Å². The van der Waals surface area contributed by atoms with E-state index in [2.05, 4.69) is 10.2 Å². The molecular formula is C11H18N4O3. The Morgan fingerprint density at radius 1 is 1.44 bits per heavy atom. The van der Waals surface area contributed by atoms with Crippen LogP contribution in [0.2, 0.25) is 0 Å². The largest absolute Gasteiger partial charge is 0.465 e. The van der Waals surface area contributed by atoms with Crippen molar-refractivity contribution in [3.63, 3.8) is 0 Å². The molecular weight excluding hydrogens is 236 g/mol. The van der Waals surface area contributed by atoms with E-state index in [-0.39, 0.29) is 24.8 Å². The van der Waals surface area contributed by atoms with E-state index in [1.165, 1.54) is 4.90 Å². The number of aryl methyl sites for hydroxylation is 1. The number of hydrogen-bond donors (Lipinski definition) is 2. The Morgan fingerprint density at radius 3 is 2.56 bits per heavy atom. The van der Waals surface area contributed by atoms with Crippen molar-refractivity contribution in [2.75, 3.05) is 25.4 Å². The summed E-state index contributed by atoms with van der Waals surface area (Å²) in [6.45, 7) is 5.77. The fourth-order valence-corrected chi connectivity index (χ4v) is 1.44. The number of nitrogens with one attached hydrogen (secondary N) is 1. The van der Waals surface area contributed by atoms with E-state index in [1.807, 2.05) is 0 Å². The molecule has 1 heterocycles. The average Bonchev–Trinajstić information content (AvgIpc) is 2.67. The summed E-state index contributed by atoms with van der Waals surface area (Å²) in [6.07, 6.45) is 0. The van der Waals surface area contributed by atoms with Crippen LogP contribution < -0.4 is 5.73 Å². The van der Waals surface area contributed by atoms with Crippen molar-refractivity contribution in [3.05, 3.63) is 11.4 Å². The van der Waals surface area contributed by atoms with Crippen LogP contribution >= 0.6 is 0 Å². The van der Waals surface area contributed by atoms with Crippen molar-refractivity contribution >= 4 is 17.6 Å². The highest BCUT2D eigenvalue weighted by molar-refractivity contribution is 5.98. The second-order valence-electron chi connectivity index (χ2n) is 3.74. The van der Waals surface area contributed by atoms with Gasteiger partial charge in [-0.1, -0.05) is 0 Å². The molecule has 100 valence electrons. The topological polar surface area (TPSA) is 101 Å². The fraction of sp³-hybridized carbons (Fsp3) is 0.545. The van der Waals surface area contributed by atoms with Gasteiger partial charge in [-0.2, -0.15) is 5.10 Å². The Morgan fingerprint density at radius 2 is 2.11 bits per heavy atom. The summed E-state index contributed by atoms with van der Waals surface area (Å²) >= 11 is 0. The van der Waals surface area contributed by atoms with Crippen LogP contribution in [0.25, 0.3) is 0 Å². The van der Waals surface area contributed by atoms with E-state index >= 15 is 0 Å². The average molecular weight is 254 g/mol. The number of hydrogen-bond acceptors (Lipinski definition) is 5. The van der Waals surface area contributed by atoms with Gasteiger partial charge in [0.15, 0.2) is 5.69 Å². The first-order valence-corrected chi connectivity index (χ1v) is 5.76. The molecule has 0 aromatic carbocycles. The van der Waals surface area contributed by atoms with Crippen LogP contribution in [0, 0.1) is 6.92 Å². The number of ether oxygens (including phenoxy) is 1. The molecule has 1 aromatic rings. The lowest BCUT2D eigenvalue weighted by Crippen LogP contribution is -2.36. The Kier molecular flexibility index (Phi) is 4.70. The van der Waals surface area contributed by atoms with Gasteiger partial charge in [-0.25, -0.2) is 0 Å². The Hall–Kier alpha value is -2.05. The molecule has 1 aromatic heterocycles.